The first-order valence-corrected chi connectivity index (χ1v) is 16.8. The smallest absolute Gasteiger partial charge is 0.203 e. The van der Waals surface area contributed by atoms with Crippen molar-refractivity contribution in [3.05, 3.63) is 140 Å². The van der Waals surface area contributed by atoms with Gasteiger partial charge in [-0.2, -0.15) is 0 Å². The van der Waals surface area contributed by atoms with Gasteiger partial charge in [0.25, 0.3) is 0 Å². The van der Waals surface area contributed by atoms with E-state index < -0.39 is 18.1 Å². The van der Waals surface area contributed by atoms with Crippen LogP contribution in [0.3, 0.4) is 0 Å². The van der Waals surface area contributed by atoms with E-state index in [0.717, 1.165) is 40.7 Å². The van der Waals surface area contributed by atoms with E-state index in [1.165, 1.54) is 5.56 Å². The van der Waals surface area contributed by atoms with Gasteiger partial charge in [0.2, 0.25) is 5.75 Å². The molecule has 0 radical (unpaired) electrons. The number of benzene rings is 3. The minimum Gasteiger partial charge on any atom is -0.489 e. The van der Waals surface area contributed by atoms with Crippen LogP contribution < -0.4 is 23.7 Å². The lowest BCUT2D eigenvalue weighted by molar-refractivity contribution is 0.138. The summed E-state index contributed by atoms with van der Waals surface area (Å²) in [5.41, 5.74) is 4.88. The monoisotopic (exact) mass is 676 g/mol. The van der Waals surface area contributed by atoms with Crippen molar-refractivity contribution in [2.75, 3.05) is 53.7 Å². The SMILES string of the molecule is C=CCOc1ccc([C@H]2c3c(CCN(C)C)c4ccccc4n3[C@@H](c3cc(OCC=C)c(OCC=C)c(OCC=C)c3)[C@@H]2O)c(OCC=C)c1. The van der Waals surface area contributed by atoms with Crippen LogP contribution >= 0.6 is 0 Å². The number of aliphatic hydroxyl groups excluding tert-OH is 1. The molecule has 4 aromatic rings. The lowest BCUT2D eigenvalue weighted by atomic mass is 9.85. The average Bonchev–Trinajstić information content (AvgIpc) is 3.59. The third kappa shape index (κ3) is 7.52. The highest BCUT2D eigenvalue weighted by molar-refractivity contribution is 5.87. The summed E-state index contributed by atoms with van der Waals surface area (Å²) in [4.78, 5) is 2.18. The van der Waals surface area contributed by atoms with E-state index in [1.54, 1.807) is 30.4 Å². The van der Waals surface area contributed by atoms with Gasteiger partial charge in [-0.3, -0.25) is 0 Å². The molecule has 1 aliphatic heterocycles. The van der Waals surface area contributed by atoms with Crippen LogP contribution in [0, 0.1) is 0 Å². The van der Waals surface area contributed by atoms with Gasteiger partial charge in [0.15, 0.2) is 11.5 Å². The Morgan fingerprint density at radius 1 is 0.720 bits per heavy atom. The second kappa shape index (κ2) is 17.0. The van der Waals surface area contributed by atoms with E-state index in [2.05, 4.69) is 74.7 Å². The first kappa shape index (κ1) is 36.1. The predicted molar refractivity (Wildman–Crippen MR) is 202 cm³/mol. The van der Waals surface area contributed by atoms with E-state index >= 15 is 0 Å². The zero-order chi connectivity index (χ0) is 35.6. The Hall–Kier alpha value is -5.18. The van der Waals surface area contributed by atoms with Crippen molar-refractivity contribution in [3.8, 4) is 28.7 Å². The second-order valence-corrected chi connectivity index (χ2v) is 12.3. The van der Waals surface area contributed by atoms with Crippen molar-refractivity contribution in [1.29, 1.82) is 0 Å². The van der Waals surface area contributed by atoms with Gasteiger partial charge >= 0.3 is 0 Å². The first-order chi connectivity index (χ1) is 24.4. The number of likely N-dealkylation sites (N-methyl/N-ethyl adjacent to an activating group) is 1. The molecular weight excluding hydrogens is 628 g/mol. The third-order valence-electron chi connectivity index (χ3n) is 8.59. The van der Waals surface area contributed by atoms with Crippen LogP contribution in [0.5, 0.6) is 28.7 Å². The predicted octanol–water partition coefficient (Wildman–Crippen LogP) is 7.67. The molecule has 0 saturated carbocycles. The molecule has 5 rings (SSSR count). The number of hydrogen-bond acceptors (Lipinski definition) is 7. The van der Waals surface area contributed by atoms with E-state index in [4.69, 9.17) is 23.7 Å². The Labute approximate surface area is 295 Å². The van der Waals surface area contributed by atoms with Gasteiger partial charge in [-0.25, -0.2) is 0 Å². The molecule has 0 amide bonds. The maximum absolute atomic E-state index is 12.7. The Balaban J connectivity index is 1.79. The Morgan fingerprint density at radius 2 is 1.30 bits per heavy atom. The molecule has 8 heteroatoms. The number of rotatable bonds is 20. The van der Waals surface area contributed by atoms with Crippen LogP contribution in [0.4, 0.5) is 0 Å². The summed E-state index contributed by atoms with van der Waals surface area (Å²) < 4.78 is 32.9. The van der Waals surface area contributed by atoms with E-state index in [0.29, 0.717) is 42.0 Å². The normalized spacial score (nSPS) is 16.4. The third-order valence-corrected chi connectivity index (χ3v) is 8.59. The summed E-state index contributed by atoms with van der Waals surface area (Å²) in [6.45, 7) is 21.4. The van der Waals surface area contributed by atoms with Crippen LogP contribution in [0.15, 0.2) is 118 Å². The summed E-state index contributed by atoms with van der Waals surface area (Å²) in [6.07, 6.45) is 8.31. The number of para-hydroxylation sites is 1. The molecule has 0 fully saturated rings. The lowest BCUT2D eigenvalue weighted by Gasteiger charge is -2.26. The van der Waals surface area contributed by atoms with Crippen LogP contribution in [0.2, 0.25) is 0 Å². The Bertz CT molecular complexity index is 1810. The van der Waals surface area contributed by atoms with Crippen LogP contribution in [0.25, 0.3) is 10.9 Å². The van der Waals surface area contributed by atoms with Gasteiger partial charge < -0.3 is 38.3 Å². The molecular formula is C42H48N2O6. The number of aromatic nitrogens is 1. The molecule has 0 spiro atoms. The summed E-state index contributed by atoms with van der Waals surface area (Å²) in [5, 5.41) is 13.9. The largest absolute Gasteiger partial charge is 0.489 e. The summed E-state index contributed by atoms with van der Waals surface area (Å²) in [7, 11) is 4.14. The van der Waals surface area contributed by atoms with Crippen LogP contribution in [-0.4, -0.2) is 74.4 Å². The molecule has 2 heterocycles. The van der Waals surface area contributed by atoms with E-state index in [9.17, 15) is 5.11 Å². The molecule has 0 saturated heterocycles. The van der Waals surface area contributed by atoms with Crippen molar-refractivity contribution in [2.24, 2.45) is 0 Å². The number of hydrogen-bond donors (Lipinski definition) is 1. The molecule has 1 N–H and O–H groups in total. The van der Waals surface area contributed by atoms with Crippen molar-refractivity contribution in [3.63, 3.8) is 0 Å². The van der Waals surface area contributed by atoms with Gasteiger partial charge in [-0.05, 0) is 55.9 Å². The number of fused-ring (bicyclic) bond motifs is 3. The number of aliphatic hydroxyl groups is 1. The highest BCUT2D eigenvalue weighted by Crippen LogP contribution is 2.53. The molecule has 1 aromatic heterocycles. The standard InChI is InChI=1S/C42H48N2O6/c1-8-21-46-30-17-18-33(35(28-30)47-22-9-2)38-40-32(19-20-43(6)7)31-15-13-14-16-34(31)44(40)39(41(38)45)29-26-36(48-23-10-3)42(50-25-12-5)37(27-29)49-24-11-4/h8-18,26-28,38-39,41,45H,1-5,19-25H2,6-7H3/t38-,39-,41+/m0/s1. The molecule has 8 nitrogen and oxygen atoms in total. The quantitative estimate of drug-likeness (QED) is 0.0964. The maximum atomic E-state index is 12.7. The van der Waals surface area contributed by atoms with E-state index in [-0.39, 0.29) is 19.8 Å². The highest BCUT2D eigenvalue weighted by Gasteiger charge is 2.46. The summed E-state index contributed by atoms with van der Waals surface area (Å²) in [6, 6.07) is 17.5. The highest BCUT2D eigenvalue weighted by atomic mass is 16.5. The molecule has 0 unspecified atom stereocenters. The second-order valence-electron chi connectivity index (χ2n) is 12.3. The van der Waals surface area contributed by atoms with Crippen LogP contribution in [-0.2, 0) is 6.42 Å². The molecule has 3 atom stereocenters. The molecule has 0 bridgehead atoms. The van der Waals surface area contributed by atoms with Gasteiger partial charge in [0.05, 0.1) is 18.1 Å². The Morgan fingerprint density at radius 3 is 1.92 bits per heavy atom. The van der Waals surface area contributed by atoms with Gasteiger partial charge in [-0.1, -0.05) is 87.5 Å². The van der Waals surface area contributed by atoms with Gasteiger partial charge in [0, 0.05) is 34.8 Å². The molecule has 3 aromatic carbocycles. The van der Waals surface area contributed by atoms with Crippen molar-refractivity contribution in [1.82, 2.24) is 9.47 Å². The number of ether oxygens (including phenoxy) is 5. The average molecular weight is 677 g/mol. The topological polar surface area (TPSA) is 74.6 Å². The Kier molecular flexibility index (Phi) is 12.3. The molecule has 262 valence electrons. The minimum atomic E-state index is -0.904. The zero-order valence-corrected chi connectivity index (χ0v) is 29.2. The molecule has 50 heavy (non-hydrogen) atoms. The fourth-order valence-corrected chi connectivity index (χ4v) is 6.62. The lowest BCUT2D eigenvalue weighted by Crippen LogP contribution is -2.23. The van der Waals surface area contributed by atoms with Crippen molar-refractivity contribution >= 4 is 10.9 Å². The summed E-state index contributed by atoms with van der Waals surface area (Å²) >= 11 is 0. The number of nitrogens with zero attached hydrogens (tertiary/aromatic N) is 2. The van der Waals surface area contributed by atoms with Crippen LogP contribution in [0.1, 0.15) is 34.3 Å². The fourth-order valence-electron chi connectivity index (χ4n) is 6.62. The van der Waals surface area contributed by atoms with Gasteiger partial charge in [0.1, 0.15) is 44.5 Å². The zero-order valence-electron chi connectivity index (χ0n) is 29.2. The van der Waals surface area contributed by atoms with Crippen molar-refractivity contribution < 1.29 is 28.8 Å². The van der Waals surface area contributed by atoms with E-state index in [1.807, 2.05) is 36.4 Å². The van der Waals surface area contributed by atoms with Crippen molar-refractivity contribution in [2.45, 2.75) is 24.5 Å². The molecule has 1 aliphatic rings. The fraction of sp³-hybridized carbons (Fsp3) is 0.286. The summed E-state index contributed by atoms with van der Waals surface area (Å²) in [5.74, 6) is 2.20. The van der Waals surface area contributed by atoms with Gasteiger partial charge in [-0.15, -0.1) is 0 Å². The maximum Gasteiger partial charge on any atom is 0.203 e. The minimum absolute atomic E-state index is 0.251. The first-order valence-electron chi connectivity index (χ1n) is 16.8. The molecule has 0 aliphatic carbocycles.